The Morgan fingerprint density at radius 3 is 2.82 bits per heavy atom. The number of hydrogen-bond acceptors (Lipinski definition) is 6. The number of ether oxygens (including phenoxy) is 1. The molecule has 150 valence electrons. The summed E-state index contributed by atoms with van der Waals surface area (Å²) in [5, 5.41) is 17.9. The third-order valence-corrected chi connectivity index (χ3v) is 5.00. The maximum atomic E-state index is 13.0. The molecule has 1 aliphatic carbocycles. The maximum absolute atomic E-state index is 13.0. The molecule has 1 fully saturated rings. The predicted octanol–water partition coefficient (Wildman–Crippen LogP) is 1.14. The summed E-state index contributed by atoms with van der Waals surface area (Å²) in [6.45, 7) is 5.39. The Morgan fingerprint density at radius 2 is 2.21 bits per heavy atom. The number of nitrogens with two attached hydrogens (primary N) is 1. The van der Waals surface area contributed by atoms with Gasteiger partial charge in [0.05, 0.1) is 18.8 Å². The summed E-state index contributed by atoms with van der Waals surface area (Å²) in [4.78, 5) is 25.7. The topological polar surface area (TPSA) is 124 Å². The van der Waals surface area contributed by atoms with Gasteiger partial charge in [0.25, 0.3) is 11.5 Å². The van der Waals surface area contributed by atoms with Crippen molar-refractivity contribution in [3.8, 4) is 5.88 Å². The van der Waals surface area contributed by atoms with Gasteiger partial charge in [0.15, 0.2) is 17.0 Å². The van der Waals surface area contributed by atoms with E-state index < -0.39 is 11.5 Å². The quantitative estimate of drug-likeness (QED) is 0.707. The van der Waals surface area contributed by atoms with Crippen LogP contribution in [0.5, 0.6) is 5.88 Å². The monoisotopic (exact) mass is 387 g/mol. The van der Waals surface area contributed by atoms with Crippen LogP contribution < -0.4 is 16.6 Å². The molecule has 0 bridgehead atoms. The van der Waals surface area contributed by atoms with Gasteiger partial charge in [-0.1, -0.05) is 19.9 Å². The minimum atomic E-state index is -0.670. The molecule has 1 amide bonds. The third kappa shape index (κ3) is 3.15. The van der Waals surface area contributed by atoms with E-state index in [1.54, 1.807) is 4.57 Å². The van der Waals surface area contributed by atoms with Crippen molar-refractivity contribution in [2.24, 2.45) is 5.92 Å². The molecular weight excluding hydrogens is 362 g/mol. The molecule has 4 rings (SSSR count). The van der Waals surface area contributed by atoms with Crippen molar-refractivity contribution in [3.63, 3.8) is 0 Å². The van der Waals surface area contributed by atoms with Crippen LogP contribution in [0.2, 0.25) is 0 Å². The number of nitrogens with zero attached hydrogens (tertiary/aromatic N) is 3. The van der Waals surface area contributed by atoms with Gasteiger partial charge in [-0.3, -0.25) is 14.2 Å². The molecule has 4 N–H and O–H groups in total. The Kier molecular flexibility index (Phi) is 4.62. The van der Waals surface area contributed by atoms with Gasteiger partial charge in [-0.2, -0.15) is 4.52 Å². The van der Waals surface area contributed by atoms with Gasteiger partial charge in [0.2, 0.25) is 5.88 Å². The second kappa shape index (κ2) is 6.97. The number of nitrogen functional groups attached to an aromatic ring is 1. The molecule has 2 aromatic rings. The maximum Gasteiger partial charge on any atom is 0.291 e. The highest BCUT2D eigenvalue weighted by atomic mass is 16.5. The van der Waals surface area contributed by atoms with Crippen LogP contribution in [0.1, 0.15) is 49.0 Å². The van der Waals surface area contributed by atoms with Gasteiger partial charge < -0.3 is 20.9 Å². The van der Waals surface area contributed by atoms with Crippen molar-refractivity contribution < 1.29 is 14.6 Å². The normalized spacial score (nSPS) is 17.2. The van der Waals surface area contributed by atoms with Crippen molar-refractivity contribution in [2.75, 3.05) is 18.9 Å². The van der Waals surface area contributed by atoms with Crippen molar-refractivity contribution >= 4 is 22.9 Å². The van der Waals surface area contributed by atoms with Crippen LogP contribution in [-0.2, 0) is 11.3 Å². The predicted molar refractivity (Wildman–Crippen MR) is 104 cm³/mol. The van der Waals surface area contributed by atoms with Crippen LogP contribution in [0.25, 0.3) is 11.2 Å². The van der Waals surface area contributed by atoms with Crippen molar-refractivity contribution in [3.05, 3.63) is 27.6 Å². The van der Waals surface area contributed by atoms with Crippen molar-refractivity contribution in [2.45, 2.75) is 45.7 Å². The molecular formula is C19H25N5O4. The zero-order valence-corrected chi connectivity index (χ0v) is 16.1. The number of carbonyl (C=O) groups excluding carboxylic acids is 1. The van der Waals surface area contributed by atoms with Gasteiger partial charge in [-0.15, -0.1) is 5.10 Å². The molecule has 9 heteroatoms. The number of hydrogen-bond donors (Lipinski definition) is 3. The number of nitrogens with one attached hydrogen (secondary N) is 1. The van der Waals surface area contributed by atoms with Crippen LogP contribution >= 0.6 is 0 Å². The number of anilines is 1. The summed E-state index contributed by atoms with van der Waals surface area (Å²) < 4.78 is 8.09. The van der Waals surface area contributed by atoms with E-state index in [1.165, 1.54) is 0 Å². The molecule has 3 heterocycles. The zero-order valence-electron chi connectivity index (χ0n) is 16.1. The van der Waals surface area contributed by atoms with E-state index in [0.29, 0.717) is 37.4 Å². The summed E-state index contributed by atoms with van der Waals surface area (Å²) in [6.07, 6.45) is 4.30. The first-order chi connectivity index (χ1) is 13.4. The summed E-state index contributed by atoms with van der Waals surface area (Å²) in [6, 6.07) is 0.0613. The number of carbonyl (C=O) groups is 1. The second-order valence-corrected chi connectivity index (χ2v) is 7.81. The van der Waals surface area contributed by atoms with Gasteiger partial charge in [0.1, 0.15) is 0 Å². The Balaban J connectivity index is 1.98. The van der Waals surface area contributed by atoms with Crippen molar-refractivity contribution in [1.29, 1.82) is 0 Å². The van der Waals surface area contributed by atoms with E-state index in [2.05, 4.69) is 10.4 Å². The first-order valence-electron chi connectivity index (χ1n) is 9.60. The Morgan fingerprint density at radius 1 is 1.46 bits per heavy atom. The van der Waals surface area contributed by atoms with Gasteiger partial charge in [-0.05, 0) is 30.8 Å². The minimum Gasteiger partial charge on any atom is -0.494 e. The number of aromatic nitrogens is 3. The Bertz CT molecular complexity index is 1030. The fraction of sp³-hybridized carbons (Fsp3) is 0.526. The van der Waals surface area contributed by atoms with Crippen LogP contribution in [0.4, 0.5) is 5.82 Å². The highest BCUT2D eigenvalue weighted by Gasteiger charge is 2.31. The zero-order chi connectivity index (χ0) is 20.0. The molecule has 9 nitrogen and oxygen atoms in total. The highest BCUT2D eigenvalue weighted by Crippen LogP contribution is 2.32. The van der Waals surface area contributed by atoms with Crippen LogP contribution in [-0.4, -0.2) is 44.5 Å². The molecule has 0 atom stereocenters. The molecule has 1 aliphatic heterocycles. The minimum absolute atomic E-state index is 0.0613. The first kappa shape index (κ1) is 18.5. The summed E-state index contributed by atoms with van der Waals surface area (Å²) >= 11 is 0. The number of amides is 1. The largest absolute Gasteiger partial charge is 0.494 e. The number of aromatic hydroxyl groups is 1. The second-order valence-electron chi connectivity index (χ2n) is 7.81. The summed E-state index contributed by atoms with van der Waals surface area (Å²) in [5.41, 5.74) is 7.15. The molecule has 0 radical (unpaired) electrons. The van der Waals surface area contributed by atoms with Gasteiger partial charge in [-0.25, -0.2) is 0 Å². The van der Waals surface area contributed by atoms with Crippen LogP contribution in [0.3, 0.4) is 0 Å². The van der Waals surface area contributed by atoms with E-state index in [1.807, 2.05) is 19.9 Å². The number of fused-ring (bicyclic) bond motifs is 1. The van der Waals surface area contributed by atoms with Gasteiger partial charge >= 0.3 is 0 Å². The van der Waals surface area contributed by atoms with E-state index >= 15 is 0 Å². The molecule has 1 saturated carbocycles. The fourth-order valence-corrected chi connectivity index (χ4v) is 3.54. The molecule has 0 unspecified atom stereocenters. The molecule has 0 saturated heterocycles. The molecule has 2 aliphatic rings. The highest BCUT2D eigenvalue weighted by molar-refractivity contribution is 5.97. The Labute approximate surface area is 161 Å². The van der Waals surface area contributed by atoms with Crippen molar-refractivity contribution in [1.82, 2.24) is 19.5 Å². The van der Waals surface area contributed by atoms with E-state index in [4.69, 9.17) is 10.5 Å². The van der Waals surface area contributed by atoms with E-state index in [9.17, 15) is 14.7 Å². The standard InChI is InChI=1S/C19H25N5O4/c1-10(2)9-23-17-13(11-5-7-28-8-6-11)15(20)22-24(17)19(27)14(18(23)26)16(25)21-12-3-4-12/h5,10,12,26H,3-4,6-9H2,1-2H3,(H2,20,22)(H,21,25). The lowest BCUT2D eigenvalue weighted by Crippen LogP contribution is -2.34. The molecule has 28 heavy (non-hydrogen) atoms. The third-order valence-electron chi connectivity index (χ3n) is 5.00. The van der Waals surface area contributed by atoms with E-state index in [0.717, 1.165) is 22.9 Å². The SMILES string of the molecule is CC(C)Cn1c(O)c(C(=O)NC2CC2)c(=O)n2nc(N)c(C3=CCOCC3)c12. The fourth-order valence-electron chi connectivity index (χ4n) is 3.54. The molecule has 0 aromatic carbocycles. The molecule has 0 spiro atoms. The Hall–Kier alpha value is -2.81. The smallest absolute Gasteiger partial charge is 0.291 e. The first-order valence-corrected chi connectivity index (χ1v) is 9.60. The van der Waals surface area contributed by atoms with E-state index in [-0.39, 0.29) is 29.2 Å². The van der Waals surface area contributed by atoms with Crippen LogP contribution in [0, 0.1) is 5.92 Å². The van der Waals surface area contributed by atoms with Gasteiger partial charge in [0, 0.05) is 12.6 Å². The average molecular weight is 387 g/mol. The number of rotatable bonds is 5. The summed E-state index contributed by atoms with van der Waals surface area (Å²) in [7, 11) is 0. The summed E-state index contributed by atoms with van der Waals surface area (Å²) in [5.74, 6) is -0.574. The lowest BCUT2D eigenvalue weighted by Gasteiger charge is -2.19. The van der Waals surface area contributed by atoms with Crippen LogP contribution in [0.15, 0.2) is 10.9 Å². The average Bonchev–Trinajstić information content (AvgIpc) is 3.39. The lowest BCUT2D eigenvalue weighted by atomic mass is 10.0. The lowest BCUT2D eigenvalue weighted by molar-refractivity contribution is 0.0944. The molecule has 2 aromatic heterocycles.